The summed E-state index contributed by atoms with van der Waals surface area (Å²) in [6, 6.07) is 3.91. The molecule has 1 aliphatic carbocycles. The molecule has 0 amide bonds. The van der Waals surface area contributed by atoms with Gasteiger partial charge in [0.25, 0.3) is 0 Å². The molecule has 2 N–H and O–H groups in total. The lowest BCUT2D eigenvalue weighted by Gasteiger charge is -2.32. The summed E-state index contributed by atoms with van der Waals surface area (Å²) in [6.45, 7) is 5.26. The van der Waals surface area contributed by atoms with Crippen LogP contribution in [0.1, 0.15) is 54.7 Å². The SMILES string of the molecule is Cc1ccc(O)c(CN[C@@H]2CCCN(Cc3noc(C4CC4)n3)C2)n1. The summed E-state index contributed by atoms with van der Waals surface area (Å²) < 4.78 is 5.35. The Morgan fingerprint density at radius 3 is 3.00 bits per heavy atom. The predicted molar refractivity (Wildman–Crippen MR) is 92.1 cm³/mol. The third kappa shape index (κ3) is 4.16. The number of nitrogens with one attached hydrogen (secondary N) is 1. The minimum absolute atomic E-state index is 0.255. The predicted octanol–water partition coefficient (Wildman–Crippen LogP) is 2.11. The quantitative estimate of drug-likeness (QED) is 0.830. The molecule has 1 saturated carbocycles. The summed E-state index contributed by atoms with van der Waals surface area (Å²) in [5.74, 6) is 2.36. The molecule has 2 aromatic heterocycles. The topological polar surface area (TPSA) is 87.3 Å². The van der Waals surface area contributed by atoms with Crippen LogP contribution in [0.5, 0.6) is 5.75 Å². The fraction of sp³-hybridized carbons (Fsp3) is 0.611. The van der Waals surface area contributed by atoms with Crippen molar-refractivity contribution in [2.45, 2.75) is 57.7 Å². The molecule has 2 aromatic rings. The van der Waals surface area contributed by atoms with Crippen LogP contribution in [0.3, 0.4) is 0 Å². The maximum atomic E-state index is 9.92. The van der Waals surface area contributed by atoms with Crippen LogP contribution in [0.4, 0.5) is 0 Å². The molecule has 0 aromatic carbocycles. The molecule has 4 rings (SSSR count). The molecule has 1 atom stereocenters. The highest BCUT2D eigenvalue weighted by atomic mass is 16.5. The molecule has 25 heavy (non-hydrogen) atoms. The maximum absolute atomic E-state index is 9.92. The first kappa shape index (κ1) is 16.5. The molecule has 134 valence electrons. The largest absolute Gasteiger partial charge is 0.506 e. The molecule has 0 radical (unpaired) electrons. The number of aromatic nitrogens is 3. The molecule has 7 heteroatoms. The fourth-order valence-corrected chi connectivity index (χ4v) is 3.37. The van der Waals surface area contributed by atoms with Crippen molar-refractivity contribution in [3.8, 4) is 5.75 Å². The van der Waals surface area contributed by atoms with Gasteiger partial charge in [0.15, 0.2) is 5.82 Å². The van der Waals surface area contributed by atoms with Gasteiger partial charge in [0.1, 0.15) is 5.75 Å². The van der Waals surface area contributed by atoms with Crippen molar-refractivity contribution in [3.05, 3.63) is 35.2 Å². The third-order valence-electron chi connectivity index (χ3n) is 4.93. The number of aromatic hydroxyl groups is 1. The van der Waals surface area contributed by atoms with Crippen molar-refractivity contribution < 1.29 is 9.63 Å². The van der Waals surface area contributed by atoms with Gasteiger partial charge < -0.3 is 14.9 Å². The van der Waals surface area contributed by atoms with Gasteiger partial charge in [0.2, 0.25) is 5.89 Å². The Morgan fingerprint density at radius 2 is 2.16 bits per heavy atom. The van der Waals surface area contributed by atoms with Gasteiger partial charge in [0, 0.05) is 30.7 Å². The van der Waals surface area contributed by atoms with Crippen LogP contribution in [-0.4, -0.2) is 44.3 Å². The van der Waals surface area contributed by atoms with Gasteiger partial charge >= 0.3 is 0 Å². The lowest BCUT2D eigenvalue weighted by Crippen LogP contribution is -2.45. The van der Waals surface area contributed by atoms with E-state index in [0.29, 0.717) is 24.2 Å². The van der Waals surface area contributed by atoms with Crippen molar-refractivity contribution in [3.63, 3.8) is 0 Å². The van der Waals surface area contributed by atoms with Crippen LogP contribution in [0.15, 0.2) is 16.7 Å². The molecule has 0 spiro atoms. The Balaban J connectivity index is 1.30. The smallest absolute Gasteiger partial charge is 0.229 e. The van der Waals surface area contributed by atoms with Crippen LogP contribution < -0.4 is 5.32 Å². The minimum Gasteiger partial charge on any atom is -0.506 e. The fourth-order valence-electron chi connectivity index (χ4n) is 3.37. The summed E-state index contributed by atoms with van der Waals surface area (Å²) in [5, 5.41) is 17.6. The van der Waals surface area contributed by atoms with E-state index in [1.54, 1.807) is 6.07 Å². The Bertz CT molecular complexity index is 728. The Kier molecular flexibility index (Phi) is 4.67. The average Bonchev–Trinajstić information content (AvgIpc) is 3.36. The zero-order valence-corrected chi connectivity index (χ0v) is 14.6. The normalized spacial score (nSPS) is 21.6. The van der Waals surface area contributed by atoms with Gasteiger partial charge in [-0.25, -0.2) is 0 Å². The van der Waals surface area contributed by atoms with Gasteiger partial charge in [-0.15, -0.1) is 0 Å². The number of nitrogens with zero attached hydrogens (tertiary/aromatic N) is 4. The number of pyridine rings is 1. The van der Waals surface area contributed by atoms with Gasteiger partial charge in [-0.1, -0.05) is 5.16 Å². The number of hydrogen-bond donors (Lipinski definition) is 2. The Hall–Kier alpha value is -1.99. The van der Waals surface area contributed by atoms with Crippen molar-refractivity contribution in [1.82, 2.24) is 25.3 Å². The highest BCUT2D eigenvalue weighted by Gasteiger charge is 2.30. The van der Waals surface area contributed by atoms with E-state index in [-0.39, 0.29) is 5.75 Å². The number of rotatable bonds is 6. The lowest BCUT2D eigenvalue weighted by molar-refractivity contribution is 0.176. The summed E-state index contributed by atoms with van der Waals surface area (Å²) in [5.41, 5.74) is 1.63. The monoisotopic (exact) mass is 343 g/mol. The van der Waals surface area contributed by atoms with Crippen molar-refractivity contribution in [2.24, 2.45) is 0 Å². The van der Waals surface area contributed by atoms with Crippen molar-refractivity contribution >= 4 is 0 Å². The average molecular weight is 343 g/mol. The first-order valence-corrected chi connectivity index (χ1v) is 9.11. The molecule has 1 saturated heterocycles. The summed E-state index contributed by atoms with van der Waals surface area (Å²) in [7, 11) is 0. The van der Waals surface area contributed by atoms with E-state index in [1.165, 1.54) is 12.8 Å². The Morgan fingerprint density at radius 1 is 1.28 bits per heavy atom. The van der Waals surface area contributed by atoms with E-state index in [9.17, 15) is 5.11 Å². The van der Waals surface area contributed by atoms with Crippen molar-refractivity contribution in [1.29, 1.82) is 0 Å². The highest BCUT2D eigenvalue weighted by molar-refractivity contribution is 5.27. The molecular weight excluding hydrogens is 318 g/mol. The number of piperidine rings is 1. The first-order chi connectivity index (χ1) is 12.2. The summed E-state index contributed by atoms with van der Waals surface area (Å²) >= 11 is 0. The molecule has 2 aliphatic rings. The third-order valence-corrected chi connectivity index (χ3v) is 4.93. The van der Waals surface area contributed by atoms with Crippen LogP contribution in [0.2, 0.25) is 0 Å². The molecule has 1 aliphatic heterocycles. The molecule has 0 unspecified atom stereocenters. The van der Waals surface area contributed by atoms with Gasteiger partial charge in [-0.05, 0) is 51.3 Å². The van der Waals surface area contributed by atoms with E-state index in [0.717, 1.165) is 49.9 Å². The Labute approximate surface area is 147 Å². The molecular formula is C18H25N5O2. The minimum atomic E-state index is 0.255. The second kappa shape index (κ2) is 7.09. The standard InChI is InChI=1S/C18H25N5O2/c1-12-4-7-16(24)15(20-12)9-19-14-3-2-8-23(10-14)11-17-21-18(25-22-17)13-5-6-13/h4,7,13-14,19,24H,2-3,5-6,8-11H2,1H3/t14-/m1/s1. The second-order valence-corrected chi connectivity index (χ2v) is 7.20. The second-order valence-electron chi connectivity index (χ2n) is 7.20. The molecule has 2 fully saturated rings. The number of likely N-dealkylation sites (tertiary alicyclic amines) is 1. The summed E-state index contributed by atoms with van der Waals surface area (Å²) in [4.78, 5) is 11.3. The summed E-state index contributed by atoms with van der Waals surface area (Å²) in [6.07, 6.45) is 4.62. The number of hydrogen-bond acceptors (Lipinski definition) is 7. The highest BCUT2D eigenvalue weighted by Crippen LogP contribution is 2.38. The van der Waals surface area contributed by atoms with Crippen LogP contribution in [0.25, 0.3) is 0 Å². The van der Waals surface area contributed by atoms with E-state index < -0.39 is 0 Å². The zero-order valence-electron chi connectivity index (χ0n) is 14.6. The maximum Gasteiger partial charge on any atom is 0.229 e. The molecule has 7 nitrogen and oxygen atoms in total. The van der Waals surface area contributed by atoms with E-state index in [1.807, 2.05) is 13.0 Å². The van der Waals surface area contributed by atoms with Crippen LogP contribution in [0, 0.1) is 6.92 Å². The number of aryl methyl sites for hydroxylation is 1. The van der Waals surface area contributed by atoms with E-state index >= 15 is 0 Å². The lowest BCUT2D eigenvalue weighted by atomic mass is 10.1. The molecule has 0 bridgehead atoms. The zero-order chi connectivity index (χ0) is 17.2. The first-order valence-electron chi connectivity index (χ1n) is 9.11. The van der Waals surface area contributed by atoms with Crippen molar-refractivity contribution in [2.75, 3.05) is 13.1 Å². The molecule has 3 heterocycles. The van der Waals surface area contributed by atoms with Gasteiger partial charge in [-0.2, -0.15) is 4.98 Å². The van der Waals surface area contributed by atoms with E-state index in [4.69, 9.17) is 4.52 Å². The van der Waals surface area contributed by atoms with Crippen LogP contribution in [-0.2, 0) is 13.1 Å². The van der Waals surface area contributed by atoms with Gasteiger partial charge in [-0.3, -0.25) is 9.88 Å². The van der Waals surface area contributed by atoms with E-state index in [2.05, 4.69) is 25.3 Å². The van der Waals surface area contributed by atoms with Crippen LogP contribution >= 0.6 is 0 Å². The van der Waals surface area contributed by atoms with Gasteiger partial charge in [0.05, 0.1) is 12.2 Å².